The molecule has 6 rings (SSSR count). The first-order valence-electron chi connectivity index (χ1n) is 12.4. The highest BCUT2D eigenvalue weighted by Gasteiger charge is 2.38. The van der Waals surface area contributed by atoms with E-state index in [4.69, 9.17) is 4.74 Å². The van der Waals surface area contributed by atoms with E-state index < -0.39 is 10.0 Å². The number of rotatable bonds is 6. The predicted octanol–water partition coefficient (Wildman–Crippen LogP) is 6.42. The molecule has 0 aromatic heterocycles. The molecule has 0 amide bonds. The molecule has 3 aromatic rings. The summed E-state index contributed by atoms with van der Waals surface area (Å²) < 4.78 is 35.7. The molecule has 36 heavy (non-hydrogen) atoms. The van der Waals surface area contributed by atoms with E-state index in [1.165, 1.54) is 5.56 Å². The van der Waals surface area contributed by atoms with Crippen LogP contribution in [0.2, 0.25) is 0 Å². The summed E-state index contributed by atoms with van der Waals surface area (Å²) in [6, 6.07) is 19.8. The number of para-hydroxylation sites is 1. The maximum atomic E-state index is 13.4. The quantitative estimate of drug-likeness (QED) is 0.368. The van der Waals surface area contributed by atoms with Gasteiger partial charge in [0, 0.05) is 23.1 Å². The van der Waals surface area contributed by atoms with Crippen LogP contribution >= 0.6 is 11.8 Å². The van der Waals surface area contributed by atoms with Crippen molar-refractivity contribution in [1.82, 2.24) is 0 Å². The lowest BCUT2D eigenvalue weighted by atomic mass is 9.77. The second-order valence-corrected chi connectivity index (χ2v) is 12.7. The van der Waals surface area contributed by atoms with Crippen molar-refractivity contribution in [3.8, 4) is 5.75 Å². The van der Waals surface area contributed by atoms with Crippen molar-refractivity contribution in [2.45, 2.75) is 43.2 Å². The number of hydrogen-bond acceptors (Lipinski definition) is 5. The Morgan fingerprint density at radius 3 is 2.53 bits per heavy atom. The minimum Gasteiger partial charge on any atom is -0.489 e. The van der Waals surface area contributed by atoms with Crippen molar-refractivity contribution in [2.75, 3.05) is 21.5 Å². The van der Waals surface area contributed by atoms with Gasteiger partial charge in [0.05, 0.1) is 16.6 Å². The topological polar surface area (TPSA) is 67.4 Å². The molecule has 2 heterocycles. The average molecular weight is 519 g/mol. The van der Waals surface area contributed by atoms with Gasteiger partial charge < -0.3 is 10.1 Å². The second-order valence-electron chi connectivity index (χ2n) is 9.95. The Labute approximate surface area is 217 Å². The fraction of sp³-hybridized carbons (Fsp3) is 0.310. The van der Waals surface area contributed by atoms with Gasteiger partial charge in [0.2, 0.25) is 0 Å². The van der Waals surface area contributed by atoms with Crippen LogP contribution in [0.5, 0.6) is 5.75 Å². The van der Waals surface area contributed by atoms with Gasteiger partial charge >= 0.3 is 0 Å². The molecule has 0 bridgehead atoms. The Kier molecular flexibility index (Phi) is 6.00. The van der Waals surface area contributed by atoms with E-state index in [2.05, 4.69) is 40.4 Å². The van der Waals surface area contributed by atoms with E-state index >= 15 is 0 Å². The van der Waals surface area contributed by atoms with Gasteiger partial charge in [-0.25, -0.2) is 8.42 Å². The van der Waals surface area contributed by atoms with Crippen LogP contribution in [0.4, 0.5) is 11.4 Å². The molecule has 186 valence electrons. The summed E-state index contributed by atoms with van der Waals surface area (Å²) >= 11 is 1.91. The molecular weight excluding hydrogens is 488 g/mol. The fourth-order valence-electron chi connectivity index (χ4n) is 5.49. The highest BCUT2D eigenvalue weighted by atomic mass is 32.2. The summed E-state index contributed by atoms with van der Waals surface area (Å²) in [5.41, 5.74) is 5.69. The van der Waals surface area contributed by atoms with Gasteiger partial charge in [-0.15, -0.1) is 0 Å². The highest BCUT2D eigenvalue weighted by Crippen LogP contribution is 2.50. The molecule has 1 fully saturated rings. The fourth-order valence-corrected chi connectivity index (χ4v) is 7.30. The number of hydrogen-bond donors (Lipinski definition) is 2. The highest BCUT2D eigenvalue weighted by molar-refractivity contribution is 8.00. The monoisotopic (exact) mass is 518 g/mol. The van der Waals surface area contributed by atoms with Crippen LogP contribution in [-0.4, -0.2) is 26.0 Å². The SMILES string of the molecule is Cc1cccc(C)c1NS(=O)(=O)c1ccc2c(c1)[C@@H]1C=CC[C@H]1[C@@H](c1cccc(OC3CSC3)c1)N2. The van der Waals surface area contributed by atoms with Crippen molar-refractivity contribution in [3.63, 3.8) is 0 Å². The number of aryl methyl sites for hydroxylation is 2. The van der Waals surface area contributed by atoms with Crippen molar-refractivity contribution in [2.24, 2.45) is 5.92 Å². The van der Waals surface area contributed by atoms with Crippen LogP contribution in [0.15, 0.2) is 77.7 Å². The minimum absolute atomic E-state index is 0.131. The predicted molar refractivity (Wildman–Crippen MR) is 148 cm³/mol. The molecule has 1 aliphatic carbocycles. The number of allylic oxidation sites excluding steroid dienone is 2. The van der Waals surface area contributed by atoms with E-state index in [9.17, 15) is 8.42 Å². The maximum Gasteiger partial charge on any atom is 0.261 e. The maximum absolute atomic E-state index is 13.4. The second kappa shape index (κ2) is 9.20. The summed E-state index contributed by atoms with van der Waals surface area (Å²) in [7, 11) is -3.72. The summed E-state index contributed by atoms with van der Waals surface area (Å²) in [4.78, 5) is 0.289. The van der Waals surface area contributed by atoms with Gasteiger partial charge in [0.15, 0.2) is 0 Å². The summed E-state index contributed by atoms with van der Waals surface area (Å²) in [6.07, 6.45) is 5.72. The molecule has 0 unspecified atom stereocenters. The molecule has 5 nitrogen and oxygen atoms in total. The number of nitrogens with one attached hydrogen (secondary N) is 2. The Balaban J connectivity index is 1.30. The lowest BCUT2D eigenvalue weighted by Crippen LogP contribution is -2.31. The van der Waals surface area contributed by atoms with Crippen LogP contribution in [-0.2, 0) is 10.0 Å². The molecule has 2 N–H and O–H groups in total. The summed E-state index contributed by atoms with van der Waals surface area (Å²) in [5.74, 6) is 3.51. The van der Waals surface area contributed by atoms with Crippen LogP contribution in [0.3, 0.4) is 0 Å². The van der Waals surface area contributed by atoms with Gasteiger partial charge in [-0.2, -0.15) is 11.8 Å². The minimum atomic E-state index is -3.72. The van der Waals surface area contributed by atoms with Gasteiger partial charge in [-0.05, 0) is 78.8 Å². The van der Waals surface area contributed by atoms with Gasteiger partial charge in [0.25, 0.3) is 10.0 Å². The zero-order chi connectivity index (χ0) is 24.9. The van der Waals surface area contributed by atoms with Crippen LogP contribution < -0.4 is 14.8 Å². The molecule has 1 saturated heterocycles. The third-order valence-electron chi connectivity index (χ3n) is 7.49. The number of ether oxygens (including phenoxy) is 1. The molecule has 0 radical (unpaired) electrons. The van der Waals surface area contributed by atoms with E-state index in [0.29, 0.717) is 17.7 Å². The molecule has 0 saturated carbocycles. The lowest BCUT2D eigenvalue weighted by molar-refractivity contribution is 0.240. The summed E-state index contributed by atoms with van der Waals surface area (Å²) in [5, 5.41) is 3.72. The molecule has 2 aliphatic heterocycles. The van der Waals surface area contributed by atoms with Crippen molar-refractivity contribution in [3.05, 3.63) is 95.1 Å². The molecule has 7 heteroatoms. The number of thioether (sulfide) groups is 1. The molecular formula is C29H30N2O3S2. The average Bonchev–Trinajstić information content (AvgIpc) is 3.34. The Morgan fingerprint density at radius 1 is 1.00 bits per heavy atom. The largest absolute Gasteiger partial charge is 0.489 e. The van der Waals surface area contributed by atoms with Crippen molar-refractivity contribution in [1.29, 1.82) is 0 Å². The van der Waals surface area contributed by atoms with E-state index in [-0.39, 0.29) is 16.9 Å². The molecule has 3 atom stereocenters. The van der Waals surface area contributed by atoms with Crippen LogP contribution in [0.1, 0.15) is 40.6 Å². The number of anilines is 2. The Hall–Kier alpha value is -2.90. The lowest BCUT2D eigenvalue weighted by Gasteiger charge is -2.38. The third-order valence-corrected chi connectivity index (χ3v) is 10.1. The Morgan fingerprint density at radius 2 is 1.78 bits per heavy atom. The zero-order valence-electron chi connectivity index (χ0n) is 20.4. The number of fused-ring (bicyclic) bond motifs is 3. The van der Waals surface area contributed by atoms with Crippen molar-refractivity contribution < 1.29 is 13.2 Å². The van der Waals surface area contributed by atoms with E-state index in [0.717, 1.165) is 46.1 Å². The molecule has 3 aliphatic rings. The van der Waals surface area contributed by atoms with Gasteiger partial charge in [0.1, 0.15) is 11.9 Å². The first-order valence-corrected chi connectivity index (χ1v) is 15.0. The number of benzene rings is 3. The Bertz CT molecular complexity index is 1430. The van der Waals surface area contributed by atoms with Crippen LogP contribution in [0, 0.1) is 19.8 Å². The van der Waals surface area contributed by atoms with Crippen molar-refractivity contribution >= 4 is 33.2 Å². The van der Waals surface area contributed by atoms with E-state index in [1.807, 2.05) is 62.0 Å². The normalized spacial score (nSPS) is 22.8. The number of sulfonamides is 1. The first-order chi connectivity index (χ1) is 17.4. The standard InChI is InChI=1S/C29H30N2O3S2/c1-18-6-3-7-19(2)28(18)31-36(32,33)23-12-13-27-26(15-23)24-10-5-11-25(24)29(30-27)20-8-4-9-21(14-20)34-22-16-35-17-22/h3-10,12-15,22,24-25,29-31H,11,16-17H2,1-2H3/t24-,25-,29-/m1/s1. The smallest absolute Gasteiger partial charge is 0.261 e. The summed E-state index contributed by atoms with van der Waals surface area (Å²) in [6.45, 7) is 3.84. The van der Waals surface area contributed by atoms with Gasteiger partial charge in [-0.3, -0.25) is 4.72 Å². The first kappa shape index (κ1) is 23.5. The zero-order valence-corrected chi connectivity index (χ0v) is 22.0. The van der Waals surface area contributed by atoms with Crippen LogP contribution in [0.25, 0.3) is 0 Å². The molecule has 0 spiro atoms. The third kappa shape index (κ3) is 4.28. The van der Waals surface area contributed by atoms with E-state index in [1.54, 1.807) is 6.07 Å². The molecule has 3 aromatic carbocycles. The van der Waals surface area contributed by atoms with Gasteiger partial charge in [-0.1, -0.05) is 42.5 Å².